The minimum Gasteiger partial charge on any atom is -0.441 e. The lowest BCUT2D eigenvalue weighted by molar-refractivity contribution is 0.119. The van der Waals surface area contributed by atoms with Crippen LogP contribution in [0.15, 0.2) is 35.0 Å². The van der Waals surface area contributed by atoms with Gasteiger partial charge in [-0.15, -0.1) is 0 Å². The molecular weight excluding hydrogens is 387 g/mol. The van der Waals surface area contributed by atoms with Crippen LogP contribution in [-0.2, 0) is 0 Å². The van der Waals surface area contributed by atoms with Gasteiger partial charge >= 0.3 is 6.03 Å². The maximum absolute atomic E-state index is 14.4. The van der Waals surface area contributed by atoms with Gasteiger partial charge in [-0.05, 0) is 12.5 Å². The molecule has 9 heteroatoms. The van der Waals surface area contributed by atoms with E-state index in [9.17, 15) is 9.18 Å². The summed E-state index contributed by atoms with van der Waals surface area (Å²) in [6, 6.07) is 5.21. The van der Waals surface area contributed by atoms with Crippen LogP contribution in [0.5, 0.6) is 0 Å². The van der Waals surface area contributed by atoms with Crippen LogP contribution in [-0.4, -0.2) is 57.2 Å². The number of alkyl halides is 1. The summed E-state index contributed by atoms with van der Waals surface area (Å²) in [6.45, 7) is 6.26. The molecule has 30 heavy (non-hydrogen) atoms. The van der Waals surface area contributed by atoms with E-state index in [1.165, 1.54) is 4.90 Å². The highest BCUT2D eigenvalue weighted by Crippen LogP contribution is 2.24. The summed E-state index contributed by atoms with van der Waals surface area (Å²) in [5, 5.41) is 6.73. The van der Waals surface area contributed by atoms with Crippen molar-refractivity contribution in [2.24, 2.45) is 0 Å². The molecule has 0 spiro atoms. The monoisotopic (exact) mass is 412 g/mol. The molecule has 2 aromatic heterocycles. The van der Waals surface area contributed by atoms with Gasteiger partial charge in [-0.25, -0.2) is 24.1 Å². The normalized spacial score (nSPS) is 19.4. The molecule has 0 unspecified atom stereocenters. The number of urea groups is 1. The number of nitrogens with zero attached hydrogens (tertiary/aromatic N) is 4. The number of carbonyl (C=O) groups is 1. The van der Waals surface area contributed by atoms with Gasteiger partial charge in [-0.2, -0.15) is 0 Å². The van der Waals surface area contributed by atoms with Gasteiger partial charge in [-0.3, -0.25) is 5.32 Å². The number of hydrogen-bond acceptors (Lipinski definition) is 6. The smallest absolute Gasteiger partial charge is 0.324 e. The Hall–Kier alpha value is -3.07. The number of aryl methyl sites for hydroxylation is 1. The van der Waals surface area contributed by atoms with Gasteiger partial charge in [0.25, 0.3) is 0 Å². The minimum absolute atomic E-state index is 0.0405. The second-order valence-electron chi connectivity index (χ2n) is 7.82. The van der Waals surface area contributed by atoms with Crippen LogP contribution in [0.4, 0.5) is 15.1 Å². The molecule has 0 saturated carbocycles. The quantitative estimate of drug-likeness (QED) is 0.681. The lowest BCUT2D eigenvalue weighted by Crippen LogP contribution is -2.54. The second-order valence-corrected chi connectivity index (χ2v) is 7.82. The number of likely N-dealkylation sites (tertiary alicyclic amines) is 1. The van der Waals surface area contributed by atoms with Crippen LogP contribution in [0.3, 0.4) is 0 Å². The van der Waals surface area contributed by atoms with Crippen molar-refractivity contribution in [2.75, 3.05) is 18.4 Å². The predicted octanol–water partition coefficient (Wildman–Crippen LogP) is 3.54. The molecular formula is C21H25FN6O2. The number of anilines is 1. The van der Waals surface area contributed by atoms with Gasteiger partial charge in [-0.1, -0.05) is 26.0 Å². The molecule has 0 bridgehead atoms. The molecule has 1 saturated heterocycles. The Bertz CT molecular complexity index is 1050. The third-order valence-corrected chi connectivity index (χ3v) is 5.08. The molecule has 3 aromatic rings. The molecule has 1 fully saturated rings. The molecule has 0 aliphatic carbocycles. The average Bonchev–Trinajstić information content (AvgIpc) is 3.15. The van der Waals surface area contributed by atoms with E-state index in [0.717, 1.165) is 10.9 Å². The lowest BCUT2D eigenvalue weighted by atomic mass is 10.0. The summed E-state index contributed by atoms with van der Waals surface area (Å²) >= 11 is 0. The number of aromatic nitrogens is 3. The topological polar surface area (TPSA) is 96.2 Å². The molecule has 8 nitrogen and oxygen atoms in total. The third-order valence-electron chi connectivity index (χ3n) is 5.08. The zero-order chi connectivity index (χ0) is 21.3. The van der Waals surface area contributed by atoms with Crippen molar-refractivity contribution in [2.45, 2.75) is 45.4 Å². The number of hydrogen-bond donors (Lipinski definition) is 2. The average molecular weight is 412 g/mol. The Morgan fingerprint density at radius 3 is 2.83 bits per heavy atom. The van der Waals surface area contributed by atoms with E-state index in [1.807, 2.05) is 32.0 Å². The van der Waals surface area contributed by atoms with Gasteiger partial charge in [0.05, 0.1) is 18.3 Å². The van der Waals surface area contributed by atoms with E-state index in [-0.39, 0.29) is 24.6 Å². The molecule has 3 heterocycles. The summed E-state index contributed by atoms with van der Waals surface area (Å²) in [6.07, 6.45) is 2.75. The Balaban J connectivity index is 1.46. The highest BCUT2D eigenvalue weighted by molar-refractivity contribution is 5.89. The first-order chi connectivity index (χ1) is 14.4. The number of carbonyl (C=O) groups excluding carboxylic acids is 1. The van der Waals surface area contributed by atoms with Crippen molar-refractivity contribution >= 4 is 22.9 Å². The summed E-state index contributed by atoms with van der Waals surface area (Å²) in [4.78, 5) is 26.8. The number of halogens is 1. The van der Waals surface area contributed by atoms with Crippen LogP contribution >= 0.6 is 0 Å². The Kier molecular flexibility index (Phi) is 5.63. The van der Waals surface area contributed by atoms with E-state index in [4.69, 9.17) is 4.42 Å². The first-order valence-corrected chi connectivity index (χ1v) is 10.0. The van der Waals surface area contributed by atoms with Crippen LogP contribution < -0.4 is 10.6 Å². The van der Waals surface area contributed by atoms with E-state index in [1.54, 1.807) is 19.3 Å². The summed E-state index contributed by atoms with van der Waals surface area (Å²) in [7, 11) is 0. The van der Waals surface area contributed by atoms with E-state index in [2.05, 4.69) is 25.6 Å². The SMILES string of the molecule is Cc1ncc(-c2ccc3cnc(NC(=O)N4CC[C@H](NC(C)C)[C@@H](F)C4)nc3c2)o1. The van der Waals surface area contributed by atoms with Crippen molar-refractivity contribution in [3.63, 3.8) is 0 Å². The number of amides is 2. The highest BCUT2D eigenvalue weighted by atomic mass is 19.1. The van der Waals surface area contributed by atoms with E-state index < -0.39 is 12.2 Å². The van der Waals surface area contributed by atoms with Gasteiger partial charge in [0.15, 0.2) is 11.7 Å². The zero-order valence-corrected chi connectivity index (χ0v) is 17.2. The van der Waals surface area contributed by atoms with Crippen molar-refractivity contribution in [3.8, 4) is 11.3 Å². The molecule has 2 amide bonds. The first kappa shape index (κ1) is 20.2. The minimum atomic E-state index is -1.11. The molecule has 2 atom stereocenters. The standard InChI is InChI=1S/C21H25FN6O2/c1-12(2)25-17-6-7-28(11-16(17)22)21(29)27-20-24-9-15-5-4-14(8-18(15)26-20)19-10-23-13(3)30-19/h4-5,8-10,12,16-17,25H,6-7,11H2,1-3H3,(H,24,26,27,29)/t16-,17-/m0/s1. The molecule has 1 aromatic carbocycles. The van der Waals surface area contributed by atoms with Crippen molar-refractivity contribution in [3.05, 3.63) is 36.5 Å². The Labute approximate surface area is 173 Å². The third kappa shape index (κ3) is 4.40. The maximum atomic E-state index is 14.4. The zero-order valence-electron chi connectivity index (χ0n) is 17.2. The van der Waals surface area contributed by atoms with Gasteiger partial charge in [0.1, 0.15) is 6.17 Å². The maximum Gasteiger partial charge on any atom is 0.324 e. The predicted molar refractivity (Wildman–Crippen MR) is 112 cm³/mol. The summed E-state index contributed by atoms with van der Waals surface area (Å²) in [5.74, 6) is 1.40. The molecule has 1 aliphatic heterocycles. The second kappa shape index (κ2) is 8.35. The molecule has 1 aliphatic rings. The number of piperidine rings is 1. The number of nitrogens with one attached hydrogen (secondary N) is 2. The fourth-order valence-electron chi connectivity index (χ4n) is 3.61. The van der Waals surface area contributed by atoms with E-state index in [0.29, 0.717) is 30.1 Å². The van der Waals surface area contributed by atoms with Crippen molar-refractivity contribution < 1.29 is 13.6 Å². The van der Waals surface area contributed by atoms with Crippen LogP contribution in [0.25, 0.3) is 22.2 Å². The van der Waals surface area contributed by atoms with Crippen molar-refractivity contribution in [1.29, 1.82) is 0 Å². The van der Waals surface area contributed by atoms with Crippen LogP contribution in [0, 0.1) is 6.92 Å². The molecule has 4 rings (SSSR count). The first-order valence-electron chi connectivity index (χ1n) is 10.0. The van der Waals surface area contributed by atoms with Crippen LogP contribution in [0.1, 0.15) is 26.2 Å². The Morgan fingerprint density at radius 1 is 1.30 bits per heavy atom. The highest BCUT2D eigenvalue weighted by Gasteiger charge is 2.31. The summed E-state index contributed by atoms with van der Waals surface area (Å²) < 4.78 is 20.0. The van der Waals surface area contributed by atoms with Crippen molar-refractivity contribution in [1.82, 2.24) is 25.2 Å². The molecule has 0 radical (unpaired) electrons. The Morgan fingerprint density at radius 2 is 2.13 bits per heavy atom. The van der Waals surface area contributed by atoms with Gasteiger partial charge in [0.2, 0.25) is 5.95 Å². The fraction of sp³-hybridized carbons (Fsp3) is 0.429. The summed E-state index contributed by atoms with van der Waals surface area (Å²) in [5.41, 5.74) is 1.49. The molecule has 158 valence electrons. The van der Waals surface area contributed by atoms with Gasteiger partial charge in [0, 0.05) is 42.7 Å². The van der Waals surface area contributed by atoms with Gasteiger partial charge < -0.3 is 14.6 Å². The lowest BCUT2D eigenvalue weighted by Gasteiger charge is -2.35. The van der Waals surface area contributed by atoms with E-state index >= 15 is 0 Å². The number of fused-ring (bicyclic) bond motifs is 1. The fourth-order valence-corrected chi connectivity index (χ4v) is 3.61. The van der Waals surface area contributed by atoms with Crippen LogP contribution in [0.2, 0.25) is 0 Å². The number of oxazole rings is 1. The largest absolute Gasteiger partial charge is 0.441 e. The number of rotatable bonds is 4. The molecule has 2 N–H and O–H groups in total. The number of benzene rings is 1.